The van der Waals surface area contributed by atoms with Gasteiger partial charge in [0, 0.05) is 5.56 Å². The lowest BCUT2D eigenvalue weighted by Crippen LogP contribution is -1.89. The lowest BCUT2D eigenvalue weighted by Gasteiger charge is -2.13. The summed E-state index contributed by atoms with van der Waals surface area (Å²) in [6.45, 7) is 3.57. The van der Waals surface area contributed by atoms with Crippen molar-refractivity contribution in [2.24, 2.45) is 0 Å². The first-order valence-electron chi connectivity index (χ1n) is 4.11. The van der Waals surface area contributed by atoms with Gasteiger partial charge < -0.3 is 14.5 Å². The molecule has 0 fully saturated rings. The molecule has 0 amide bonds. The van der Waals surface area contributed by atoms with E-state index in [-0.39, 0.29) is 11.5 Å². The zero-order valence-corrected chi connectivity index (χ0v) is 10.4. The van der Waals surface area contributed by atoms with Crippen LogP contribution in [0.5, 0.6) is 11.5 Å². The van der Waals surface area contributed by atoms with Crippen molar-refractivity contribution in [2.75, 3.05) is 0 Å². The van der Waals surface area contributed by atoms with Gasteiger partial charge in [0.15, 0.2) is 11.5 Å². The molecule has 1 atom stereocenters. The van der Waals surface area contributed by atoms with Crippen LogP contribution in [0.3, 0.4) is 0 Å². The predicted molar refractivity (Wildman–Crippen MR) is 68.1 cm³/mol. The highest BCUT2D eigenvalue weighted by atomic mass is 32.9. The molecule has 0 saturated heterocycles. The van der Waals surface area contributed by atoms with Crippen molar-refractivity contribution in [3.8, 4) is 11.5 Å². The van der Waals surface area contributed by atoms with Gasteiger partial charge in [0.05, 0.1) is 0 Å². The summed E-state index contributed by atoms with van der Waals surface area (Å²) < 4.78 is 4.98. The van der Waals surface area contributed by atoms with Gasteiger partial charge in [-0.05, 0) is 24.3 Å². The summed E-state index contributed by atoms with van der Waals surface area (Å²) in [5.74, 6) is 0.116. The topological polar surface area (TPSA) is 49.7 Å². The van der Waals surface area contributed by atoms with E-state index in [9.17, 15) is 10.00 Å². The molecule has 0 aromatic heterocycles. The molecule has 1 aromatic carbocycles. The first-order valence-corrected chi connectivity index (χ1v) is 7.93. The minimum absolute atomic E-state index is 0.0327. The third-order valence-corrected chi connectivity index (χ3v) is 2.57. The van der Waals surface area contributed by atoms with E-state index in [1.807, 2.05) is 0 Å². The Bertz CT molecular complexity index is 414. The molecule has 1 aromatic rings. The van der Waals surface area contributed by atoms with E-state index in [1.165, 1.54) is 6.07 Å². The molecule has 82 valence electrons. The molecular formula is C9H11O3PS2. The summed E-state index contributed by atoms with van der Waals surface area (Å²) in [5, 5.41) is 9.74. The second kappa shape index (κ2) is 5.03. The Labute approximate surface area is 98.7 Å². The number of phenolic OH excluding ortho intramolecular Hbond substituents is 1. The fraction of sp³-hybridized carbons (Fsp3) is 0.111. The molecule has 0 bridgehead atoms. The number of hydrogen-bond donors (Lipinski definition) is 3. The van der Waals surface area contributed by atoms with E-state index < -0.39 is 5.69 Å². The van der Waals surface area contributed by atoms with E-state index in [0.717, 1.165) is 0 Å². The van der Waals surface area contributed by atoms with Crippen molar-refractivity contribution in [1.82, 2.24) is 0 Å². The minimum Gasteiger partial charge on any atom is -0.504 e. The molecule has 0 aliphatic heterocycles. The Morgan fingerprint density at radius 2 is 2.27 bits per heavy atom. The monoisotopic (exact) mass is 262 g/mol. The van der Waals surface area contributed by atoms with Crippen molar-refractivity contribution in [3.63, 3.8) is 0 Å². The number of rotatable bonds is 4. The molecule has 0 radical (unpaired) electrons. The second-order valence-electron chi connectivity index (χ2n) is 2.84. The molecule has 0 aliphatic rings. The van der Waals surface area contributed by atoms with Crippen LogP contribution in [0.15, 0.2) is 30.9 Å². The fourth-order valence-corrected chi connectivity index (χ4v) is 2.00. The molecule has 2 N–H and O–H groups in total. The Hall–Kier alpha value is -0.480. The van der Waals surface area contributed by atoms with Gasteiger partial charge in [-0.1, -0.05) is 30.5 Å². The first kappa shape index (κ1) is 12.6. The number of thiol groups is 1. The zero-order chi connectivity index (χ0) is 11.5. The Balaban J connectivity index is 3.04. The van der Waals surface area contributed by atoms with E-state index in [0.29, 0.717) is 12.0 Å². The van der Waals surface area contributed by atoms with E-state index in [2.05, 4.69) is 30.6 Å². The van der Waals surface area contributed by atoms with Crippen LogP contribution in [0.2, 0.25) is 0 Å². The van der Waals surface area contributed by atoms with Crippen LogP contribution in [-0.2, 0) is 18.2 Å². The van der Waals surface area contributed by atoms with Crippen LogP contribution in [-0.4, -0.2) is 10.00 Å². The number of allylic oxidation sites excluding steroid dienone is 1. The van der Waals surface area contributed by atoms with Crippen LogP contribution in [0.1, 0.15) is 5.56 Å². The summed E-state index contributed by atoms with van der Waals surface area (Å²) >= 11 is 8.34. The zero-order valence-electron chi connectivity index (χ0n) is 7.83. The highest BCUT2D eigenvalue weighted by molar-refractivity contribution is 8.59. The average molecular weight is 262 g/mol. The maximum Gasteiger partial charge on any atom is 0.291 e. The van der Waals surface area contributed by atoms with E-state index >= 15 is 0 Å². The van der Waals surface area contributed by atoms with Crippen molar-refractivity contribution in [2.45, 2.75) is 6.42 Å². The summed E-state index contributed by atoms with van der Waals surface area (Å²) in [4.78, 5) is 9.25. The van der Waals surface area contributed by atoms with Crippen molar-refractivity contribution < 1.29 is 14.5 Å². The molecule has 15 heavy (non-hydrogen) atoms. The largest absolute Gasteiger partial charge is 0.504 e. The minimum atomic E-state index is -3.11. The molecule has 1 unspecified atom stereocenters. The van der Waals surface area contributed by atoms with Crippen LogP contribution in [0.4, 0.5) is 0 Å². The van der Waals surface area contributed by atoms with Gasteiger partial charge in [-0.25, -0.2) is 0 Å². The van der Waals surface area contributed by atoms with Crippen molar-refractivity contribution in [3.05, 3.63) is 36.4 Å². The molecule has 0 heterocycles. The quantitative estimate of drug-likeness (QED) is 0.443. The summed E-state index contributed by atoms with van der Waals surface area (Å²) in [6.07, 6.45) is 2.18. The highest BCUT2D eigenvalue weighted by Gasteiger charge is 2.13. The standard InChI is InChI=1S/C9H11O3PS2/c1-2-4-7-5-3-6-8(9(7)10)12-13(11,14)15/h2-3,5-6,10H,1,4H2,(H2,11,14,15). The molecule has 0 spiro atoms. The highest BCUT2D eigenvalue weighted by Crippen LogP contribution is 2.50. The molecule has 1 rings (SSSR count). The van der Waals surface area contributed by atoms with Gasteiger partial charge in [-0.3, -0.25) is 0 Å². The van der Waals surface area contributed by atoms with Crippen LogP contribution < -0.4 is 4.52 Å². The maximum absolute atomic E-state index is 9.74. The first-order chi connectivity index (χ1) is 6.94. The van der Waals surface area contributed by atoms with Crippen LogP contribution >= 0.6 is 17.9 Å². The fourth-order valence-electron chi connectivity index (χ4n) is 1.09. The smallest absolute Gasteiger partial charge is 0.291 e. The van der Waals surface area contributed by atoms with Gasteiger partial charge in [0.1, 0.15) is 0 Å². The van der Waals surface area contributed by atoms with Gasteiger partial charge in [0.2, 0.25) is 0 Å². The number of aromatic hydroxyl groups is 1. The van der Waals surface area contributed by atoms with Gasteiger partial charge in [0.25, 0.3) is 5.69 Å². The summed E-state index contributed by atoms with van der Waals surface area (Å²) in [6, 6.07) is 4.96. The lowest BCUT2D eigenvalue weighted by molar-refractivity contribution is 0.428. The molecule has 6 heteroatoms. The SMILES string of the molecule is C=CCc1cccc(OP(O)(=S)S)c1O. The van der Waals surface area contributed by atoms with Crippen LogP contribution in [0.25, 0.3) is 0 Å². The van der Waals surface area contributed by atoms with E-state index in [1.54, 1.807) is 18.2 Å². The van der Waals surface area contributed by atoms with Crippen LogP contribution in [0, 0.1) is 0 Å². The third kappa shape index (κ3) is 3.87. The Morgan fingerprint density at radius 1 is 1.60 bits per heavy atom. The number of para-hydroxylation sites is 1. The van der Waals surface area contributed by atoms with E-state index in [4.69, 9.17) is 4.52 Å². The van der Waals surface area contributed by atoms with Crippen molar-refractivity contribution >= 4 is 29.7 Å². The molecule has 0 saturated carbocycles. The number of hydrogen-bond acceptors (Lipinski definition) is 3. The summed E-state index contributed by atoms with van der Waals surface area (Å²) in [7, 11) is 0. The Morgan fingerprint density at radius 3 is 2.80 bits per heavy atom. The normalized spacial score (nSPS) is 14.3. The molecular weight excluding hydrogens is 251 g/mol. The van der Waals surface area contributed by atoms with Gasteiger partial charge in [-0.2, -0.15) is 0 Å². The molecule has 0 aliphatic carbocycles. The Kier molecular flexibility index (Phi) is 4.22. The second-order valence-corrected chi connectivity index (χ2v) is 7.93. The lowest BCUT2D eigenvalue weighted by atomic mass is 10.1. The average Bonchev–Trinajstić information content (AvgIpc) is 2.10. The molecule has 3 nitrogen and oxygen atoms in total. The summed E-state index contributed by atoms with van der Waals surface area (Å²) in [5.41, 5.74) is -2.45. The predicted octanol–water partition coefficient (Wildman–Crippen LogP) is 2.65. The third-order valence-electron chi connectivity index (χ3n) is 1.66. The number of benzene rings is 1. The maximum atomic E-state index is 9.74. The van der Waals surface area contributed by atoms with Crippen molar-refractivity contribution in [1.29, 1.82) is 0 Å². The van der Waals surface area contributed by atoms with Gasteiger partial charge >= 0.3 is 0 Å². The number of phenols is 1. The van der Waals surface area contributed by atoms with Gasteiger partial charge in [-0.15, -0.1) is 6.58 Å².